The van der Waals surface area contributed by atoms with Gasteiger partial charge in [0, 0.05) is 16.6 Å². The zero-order valence-electron chi connectivity index (χ0n) is 10.2. The first kappa shape index (κ1) is 14.9. The average Bonchev–Trinajstić information content (AvgIpc) is 2.42. The molecule has 2 rings (SSSR count). The van der Waals surface area contributed by atoms with Gasteiger partial charge in [0.15, 0.2) is 11.6 Å². The van der Waals surface area contributed by atoms with E-state index < -0.39 is 22.4 Å². The van der Waals surface area contributed by atoms with Crippen molar-refractivity contribution in [2.75, 3.05) is 0 Å². The highest BCUT2D eigenvalue weighted by molar-refractivity contribution is 9.10. The molecule has 0 aliphatic heterocycles. The number of halogens is 2. The first-order valence-electron chi connectivity index (χ1n) is 5.53. The van der Waals surface area contributed by atoms with E-state index in [4.69, 9.17) is 9.84 Å². The van der Waals surface area contributed by atoms with Crippen molar-refractivity contribution in [3.05, 3.63) is 62.4 Å². The van der Waals surface area contributed by atoms with Crippen LogP contribution in [0.4, 0.5) is 10.1 Å². The fraction of sp³-hybridized carbons (Fsp3) is 0. The number of carbonyl (C=O) groups is 1. The van der Waals surface area contributed by atoms with E-state index in [1.54, 1.807) is 0 Å². The second-order valence-electron chi connectivity index (χ2n) is 3.92. The Labute approximate surface area is 126 Å². The normalized spacial score (nSPS) is 10.2. The van der Waals surface area contributed by atoms with Crippen molar-refractivity contribution in [3.8, 4) is 11.5 Å². The number of carboxylic acids is 1. The zero-order chi connectivity index (χ0) is 15.6. The second kappa shape index (κ2) is 5.88. The Morgan fingerprint density at radius 2 is 1.95 bits per heavy atom. The van der Waals surface area contributed by atoms with Gasteiger partial charge in [0.25, 0.3) is 0 Å². The molecule has 2 aromatic rings. The van der Waals surface area contributed by atoms with E-state index in [-0.39, 0.29) is 17.1 Å². The zero-order valence-corrected chi connectivity index (χ0v) is 11.8. The minimum absolute atomic E-state index is 0.203. The lowest BCUT2D eigenvalue weighted by Gasteiger charge is -2.08. The number of hydrogen-bond acceptors (Lipinski definition) is 4. The smallest absolute Gasteiger partial charge is 0.335 e. The van der Waals surface area contributed by atoms with E-state index in [1.807, 2.05) is 0 Å². The highest BCUT2D eigenvalue weighted by Gasteiger charge is 2.19. The van der Waals surface area contributed by atoms with Crippen LogP contribution in [0.3, 0.4) is 0 Å². The third kappa shape index (κ3) is 3.34. The summed E-state index contributed by atoms with van der Waals surface area (Å²) in [5.74, 6) is -2.61. The molecule has 0 atom stereocenters. The number of hydrogen-bond donors (Lipinski definition) is 1. The third-order valence-corrected chi connectivity index (χ3v) is 3.01. The molecule has 0 bridgehead atoms. The van der Waals surface area contributed by atoms with Gasteiger partial charge < -0.3 is 9.84 Å². The summed E-state index contributed by atoms with van der Waals surface area (Å²) in [6, 6.07) is 6.88. The number of ether oxygens (including phenoxy) is 1. The maximum atomic E-state index is 13.6. The van der Waals surface area contributed by atoms with E-state index in [1.165, 1.54) is 12.1 Å². The van der Waals surface area contributed by atoms with Crippen LogP contribution in [0.25, 0.3) is 0 Å². The number of nitro groups is 1. The lowest BCUT2D eigenvalue weighted by Crippen LogP contribution is -2.00. The topological polar surface area (TPSA) is 89.7 Å². The molecule has 0 heterocycles. The Bertz CT molecular complexity index is 734. The molecule has 108 valence electrons. The van der Waals surface area contributed by atoms with Crippen LogP contribution in [0.1, 0.15) is 10.4 Å². The Kier molecular flexibility index (Phi) is 4.18. The lowest BCUT2D eigenvalue weighted by atomic mass is 10.2. The minimum atomic E-state index is -1.27. The highest BCUT2D eigenvalue weighted by Crippen LogP contribution is 2.34. The lowest BCUT2D eigenvalue weighted by molar-refractivity contribution is -0.385. The molecule has 0 saturated heterocycles. The molecular weight excluding hydrogens is 349 g/mol. The number of benzene rings is 2. The van der Waals surface area contributed by atoms with Gasteiger partial charge in [0.2, 0.25) is 5.75 Å². The first-order valence-corrected chi connectivity index (χ1v) is 6.32. The summed E-state index contributed by atoms with van der Waals surface area (Å²) in [7, 11) is 0. The Hall–Kier alpha value is -2.48. The fourth-order valence-electron chi connectivity index (χ4n) is 1.55. The summed E-state index contributed by atoms with van der Waals surface area (Å²) in [5, 5.41) is 19.8. The van der Waals surface area contributed by atoms with Gasteiger partial charge in [-0.1, -0.05) is 15.9 Å². The number of nitro benzene ring substituents is 1. The van der Waals surface area contributed by atoms with Crippen molar-refractivity contribution in [2.45, 2.75) is 0 Å². The van der Waals surface area contributed by atoms with Gasteiger partial charge in [-0.25, -0.2) is 9.18 Å². The van der Waals surface area contributed by atoms with E-state index in [2.05, 4.69) is 15.9 Å². The van der Waals surface area contributed by atoms with Crippen molar-refractivity contribution < 1.29 is 24.0 Å². The molecule has 0 saturated carbocycles. The SMILES string of the molecule is O=C(O)c1ccc([N+](=O)[O-])c(Oc2cc(Br)ccc2F)c1. The Morgan fingerprint density at radius 3 is 2.57 bits per heavy atom. The maximum Gasteiger partial charge on any atom is 0.335 e. The van der Waals surface area contributed by atoms with Gasteiger partial charge in [-0.05, 0) is 24.3 Å². The van der Waals surface area contributed by atoms with Gasteiger partial charge in [0.1, 0.15) is 0 Å². The molecule has 0 aliphatic carbocycles. The summed E-state index contributed by atoms with van der Waals surface area (Å²) in [6.45, 7) is 0. The van der Waals surface area contributed by atoms with Gasteiger partial charge in [-0.15, -0.1) is 0 Å². The summed E-state index contributed by atoms with van der Waals surface area (Å²) >= 11 is 3.12. The Balaban J connectivity index is 2.50. The van der Waals surface area contributed by atoms with Gasteiger partial charge in [0.05, 0.1) is 10.5 Å². The number of carboxylic acid groups (broad SMARTS) is 1. The van der Waals surface area contributed by atoms with E-state index >= 15 is 0 Å². The van der Waals surface area contributed by atoms with Crippen molar-refractivity contribution >= 4 is 27.6 Å². The maximum absolute atomic E-state index is 13.6. The molecule has 0 spiro atoms. The van der Waals surface area contributed by atoms with Crippen LogP contribution in [-0.2, 0) is 0 Å². The molecule has 0 amide bonds. The van der Waals surface area contributed by atoms with Crippen LogP contribution >= 0.6 is 15.9 Å². The van der Waals surface area contributed by atoms with Crippen LogP contribution in [0.15, 0.2) is 40.9 Å². The largest absolute Gasteiger partial charge is 0.478 e. The van der Waals surface area contributed by atoms with E-state index in [0.717, 1.165) is 24.3 Å². The van der Waals surface area contributed by atoms with Crippen LogP contribution in [0.5, 0.6) is 11.5 Å². The molecule has 0 unspecified atom stereocenters. The molecular formula is C13H7BrFNO5. The molecule has 1 N–H and O–H groups in total. The summed E-state index contributed by atoms with van der Waals surface area (Å²) in [4.78, 5) is 21.1. The van der Waals surface area contributed by atoms with Crippen LogP contribution in [-0.4, -0.2) is 16.0 Å². The Morgan fingerprint density at radius 1 is 1.24 bits per heavy atom. The predicted octanol–water partition coefficient (Wildman–Crippen LogP) is 3.99. The molecule has 6 nitrogen and oxygen atoms in total. The van der Waals surface area contributed by atoms with Crippen molar-refractivity contribution in [3.63, 3.8) is 0 Å². The first-order chi connectivity index (χ1) is 9.88. The molecule has 0 fully saturated rings. The summed E-state index contributed by atoms with van der Waals surface area (Å²) < 4.78 is 19.3. The van der Waals surface area contributed by atoms with Crippen molar-refractivity contribution in [2.24, 2.45) is 0 Å². The van der Waals surface area contributed by atoms with Gasteiger partial charge in [-0.3, -0.25) is 10.1 Å². The van der Waals surface area contributed by atoms with E-state index in [9.17, 15) is 19.3 Å². The van der Waals surface area contributed by atoms with E-state index in [0.29, 0.717) is 4.47 Å². The van der Waals surface area contributed by atoms with Gasteiger partial charge in [-0.2, -0.15) is 0 Å². The second-order valence-corrected chi connectivity index (χ2v) is 4.84. The number of nitrogens with zero attached hydrogens (tertiary/aromatic N) is 1. The molecule has 8 heteroatoms. The average molecular weight is 356 g/mol. The fourth-order valence-corrected chi connectivity index (χ4v) is 1.89. The third-order valence-electron chi connectivity index (χ3n) is 2.52. The van der Waals surface area contributed by atoms with Crippen LogP contribution < -0.4 is 4.74 Å². The molecule has 0 radical (unpaired) electrons. The van der Waals surface area contributed by atoms with Crippen LogP contribution in [0.2, 0.25) is 0 Å². The summed E-state index contributed by atoms with van der Waals surface area (Å²) in [6.07, 6.45) is 0. The van der Waals surface area contributed by atoms with Crippen molar-refractivity contribution in [1.82, 2.24) is 0 Å². The molecule has 2 aromatic carbocycles. The molecule has 21 heavy (non-hydrogen) atoms. The standard InChI is InChI=1S/C13H7BrFNO5/c14-8-2-3-9(15)11(6-8)21-12-5-7(13(17)18)1-4-10(12)16(19)20/h1-6H,(H,17,18). The van der Waals surface area contributed by atoms with Crippen molar-refractivity contribution in [1.29, 1.82) is 0 Å². The quantitative estimate of drug-likeness (QED) is 0.661. The van der Waals surface area contributed by atoms with Gasteiger partial charge >= 0.3 is 11.7 Å². The number of aromatic carboxylic acids is 1. The highest BCUT2D eigenvalue weighted by atomic mass is 79.9. The molecule has 0 aromatic heterocycles. The predicted molar refractivity (Wildman–Crippen MR) is 74.2 cm³/mol. The monoisotopic (exact) mass is 355 g/mol. The van der Waals surface area contributed by atoms with Crippen LogP contribution in [0, 0.1) is 15.9 Å². The minimum Gasteiger partial charge on any atom is -0.478 e. The number of rotatable bonds is 4. The summed E-state index contributed by atoms with van der Waals surface area (Å²) in [5.41, 5.74) is -0.662. The molecule has 0 aliphatic rings.